The number of hydrogen-bond acceptors (Lipinski definition) is 3. The Balaban J connectivity index is 1.78. The molecule has 0 radical (unpaired) electrons. The van der Waals surface area contributed by atoms with Gasteiger partial charge in [-0.3, -0.25) is 14.4 Å². The maximum Gasteiger partial charge on any atom is 0.279 e. The van der Waals surface area contributed by atoms with Gasteiger partial charge in [-0.2, -0.15) is 0 Å². The molecule has 1 aliphatic carbocycles. The predicted molar refractivity (Wildman–Crippen MR) is 101 cm³/mol. The van der Waals surface area contributed by atoms with E-state index < -0.39 is 0 Å². The molecule has 142 valence electrons. The zero-order valence-corrected chi connectivity index (χ0v) is 15.7. The van der Waals surface area contributed by atoms with Crippen LogP contribution in [0.15, 0.2) is 24.3 Å². The Hall–Kier alpha value is -2.41. The number of anilines is 2. The van der Waals surface area contributed by atoms with Gasteiger partial charge in [0.25, 0.3) is 11.8 Å². The molecule has 1 saturated carbocycles. The molecule has 0 bridgehead atoms. The van der Waals surface area contributed by atoms with Gasteiger partial charge in [0.05, 0.1) is 6.54 Å². The Labute approximate surface area is 154 Å². The highest BCUT2D eigenvalue weighted by molar-refractivity contribution is 5.92. The molecule has 4 N–H and O–H groups in total. The molecular formula is C19H29N4O3+. The summed E-state index contributed by atoms with van der Waals surface area (Å²) in [7, 11) is 0. The first-order chi connectivity index (χ1) is 12.4. The highest BCUT2D eigenvalue weighted by atomic mass is 16.2. The highest BCUT2D eigenvalue weighted by Crippen LogP contribution is 2.32. The van der Waals surface area contributed by atoms with E-state index in [1.807, 2.05) is 13.8 Å². The number of nitrogens with one attached hydrogen (secondary N) is 4. The fourth-order valence-corrected chi connectivity index (χ4v) is 2.83. The molecule has 1 aliphatic rings. The molecule has 7 nitrogen and oxygen atoms in total. The van der Waals surface area contributed by atoms with Crippen LogP contribution in [0.3, 0.4) is 0 Å². The van der Waals surface area contributed by atoms with E-state index in [4.69, 9.17) is 0 Å². The van der Waals surface area contributed by atoms with Crippen molar-refractivity contribution in [1.29, 1.82) is 0 Å². The monoisotopic (exact) mass is 361 g/mol. The molecular weight excluding hydrogens is 332 g/mol. The molecule has 0 spiro atoms. The fourth-order valence-electron chi connectivity index (χ4n) is 2.83. The van der Waals surface area contributed by atoms with Gasteiger partial charge in [-0.15, -0.1) is 0 Å². The largest absolute Gasteiger partial charge is 0.348 e. The summed E-state index contributed by atoms with van der Waals surface area (Å²) in [5, 5.41) is 8.53. The van der Waals surface area contributed by atoms with Crippen LogP contribution in [0, 0.1) is 5.92 Å². The molecule has 2 rings (SSSR count). The van der Waals surface area contributed by atoms with E-state index in [-0.39, 0.29) is 30.3 Å². The van der Waals surface area contributed by atoms with Crippen LogP contribution >= 0.6 is 0 Å². The number of likely N-dealkylation sites (N-methyl/N-ethyl adjacent to an activating group) is 1. The Morgan fingerprint density at radius 2 is 1.58 bits per heavy atom. The van der Waals surface area contributed by atoms with Gasteiger partial charge in [0, 0.05) is 24.3 Å². The van der Waals surface area contributed by atoms with Gasteiger partial charge in [-0.05, 0) is 56.9 Å². The Morgan fingerprint density at radius 3 is 2.08 bits per heavy atom. The quantitative estimate of drug-likeness (QED) is 0.513. The Bertz CT molecular complexity index is 641. The second kappa shape index (κ2) is 9.33. The van der Waals surface area contributed by atoms with Crippen LogP contribution in [0.2, 0.25) is 0 Å². The number of rotatable bonds is 9. The second-order valence-electron chi connectivity index (χ2n) is 6.96. The molecule has 1 aromatic rings. The summed E-state index contributed by atoms with van der Waals surface area (Å²) in [6.07, 6.45) is 2.38. The summed E-state index contributed by atoms with van der Waals surface area (Å²) in [5.74, 6) is 0.330. The van der Waals surface area contributed by atoms with E-state index in [0.29, 0.717) is 30.4 Å². The minimum absolute atomic E-state index is 0.00582. The lowest BCUT2D eigenvalue weighted by atomic mass is 10.2. The van der Waals surface area contributed by atoms with Crippen molar-refractivity contribution in [3.63, 3.8) is 0 Å². The molecule has 0 aromatic heterocycles. The molecule has 26 heavy (non-hydrogen) atoms. The van der Waals surface area contributed by atoms with E-state index in [1.165, 1.54) is 19.8 Å². The minimum atomic E-state index is -0.142. The van der Waals surface area contributed by atoms with Gasteiger partial charge in [0.15, 0.2) is 13.1 Å². The van der Waals surface area contributed by atoms with Gasteiger partial charge in [-0.25, -0.2) is 0 Å². The highest BCUT2D eigenvalue weighted by Gasteiger charge is 2.29. The first-order valence-corrected chi connectivity index (χ1v) is 9.17. The van der Waals surface area contributed by atoms with Crippen LogP contribution in [-0.2, 0) is 14.4 Å². The molecule has 1 unspecified atom stereocenters. The van der Waals surface area contributed by atoms with E-state index >= 15 is 0 Å². The van der Waals surface area contributed by atoms with E-state index in [2.05, 4.69) is 16.0 Å². The van der Waals surface area contributed by atoms with Crippen LogP contribution in [0.25, 0.3) is 0 Å². The van der Waals surface area contributed by atoms with Crippen molar-refractivity contribution in [2.45, 2.75) is 39.7 Å². The van der Waals surface area contributed by atoms with Crippen molar-refractivity contribution in [3.8, 4) is 0 Å². The summed E-state index contributed by atoms with van der Waals surface area (Å²) < 4.78 is 0. The first-order valence-electron chi connectivity index (χ1n) is 9.17. The normalized spacial score (nSPS) is 15.7. The topological polar surface area (TPSA) is 91.7 Å². The van der Waals surface area contributed by atoms with Gasteiger partial charge in [-0.1, -0.05) is 0 Å². The average Bonchev–Trinajstić information content (AvgIpc) is 3.40. The number of carbonyl (C=O) groups excluding carboxylic acids is 3. The third kappa shape index (κ3) is 6.84. The zero-order valence-electron chi connectivity index (χ0n) is 15.7. The van der Waals surface area contributed by atoms with Crippen molar-refractivity contribution in [2.75, 3.05) is 30.3 Å². The van der Waals surface area contributed by atoms with Gasteiger partial charge < -0.3 is 20.9 Å². The number of benzene rings is 1. The lowest BCUT2D eigenvalue weighted by molar-refractivity contribution is -0.881. The van der Waals surface area contributed by atoms with Crippen LogP contribution in [0.1, 0.15) is 33.6 Å². The van der Waals surface area contributed by atoms with Crippen molar-refractivity contribution >= 4 is 29.1 Å². The molecule has 1 fully saturated rings. The number of carbonyl (C=O) groups is 3. The third-order valence-corrected chi connectivity index (χ3v) is 4.53. The maximum atomic E-state index is 12.2. The molecule has 1 aromatic carbocycles. The second-order valence-corrected chi connectivity index (χ2v) is 6.96. The number of amides is 3. The van der Waals surface area contributed by atoms with Crippen molar-refractivity contribution in [2.24, 2.45) is 5.92 Å². The maximum absolute atomic E-state index is 12.2. The Morgan fingerprint density at radius 1 is 1.04 bits per heavy atom. The lowest BCUT2D eigenvalue weighted by Crippen LogP contribution is -3.14. The van der Waals surface area contributed by atoms with E-state index in [0.717, 1.165) is 4.90 Å². The van der Waals surface area contributed by atoms with E-state index in [1.54, 1.807) is 24.3 Å². The minimum Gasteiger partial charge on any atom is -0.348 e. The third-order valence-electron chi connectivity index (χ3n) is 4.53. The SMILES string of the molecule is CC[NH+](CC(=O)Nc1ccc(NC(C)=O)cc1)CC(=O)N[C@@H](C)C1CC1. The zero-order chi connectivity index (χ0) is 19.1. The number of quaternary nitrogens is 1. The van der Waals surface area contributed by atoms with Gasteiger partial charge in [0.2, 0.25) is 5.91 Å². The molecule has 0 aliphatic heterocycles. The van der Waals surface area contributed by atoms with E-state index in [9.17, 15) is 14.4 Å². The summed E-state index contributed by atoms with van der Waals surface area (Å²) in [6, 6.07) is 7.15. The van der Waals surface area contributed by atoms with Crippen LogP contribution < -0.4 is 20.9 Å². The summed E-state index contributed by atoms with van der Waals surface area (Å²) in [4.78, 5) is 36.3. The first kappa shape index (κ1) is 19.9. The van der Waals surface area contributed by atoms with Crippen molar-refractivity contribution in [3.05, 3.63) is 24.3 Å². The standard InChI is InChI=1S/C19H28N4O3/c1-4-23(11-18(25)20-13(2)15-5-6-15)12-19(26)22-17-9-7-16(8-10-17)21-14(3)24/h7-10,13,15H,4-6,11-12H2,1-3H3,(H,20,25)(H,21,24)(H,22,26)/p+1/t13-/m0/s1. The van der Waals surface area contributed by atoms with Gasteiger partial charge >= 0.3 is 0 Å². The Kier molecular flexibility index (Phi) is 7.15. The smallest absolute Gasteiger partial charge is 0.279 e. The molecule has 2 atom stereocenters. The van der Waals surface area contributed by atoms with Gasteiger partial charge in [0.1, 0.15) is 0 Å². The molecule has 0 heterocycles. The van der Waals surface area contributed by atoms with Crippen molar-refractivity contribution in [1.82, 2.24) is 5.32 Å². The fraction of sp³-hybridized carbons (Fsp3) is 0.526. The van der Waals surface area contributed by atoms with Crippen LogP contribution in [0.5, 0.6) is 0 Å². The number of hydrogen-bond donors (Lipinski definition) is 4. The average molecular weight is 361 g/mol. The van der Waals surface area contributed by atoms with Crippen LogP contribution in [0.4, 0.5) is 11.4 Å². The molecule has 0 saturated heterocycles. The van der Waals surface area contributed by atoms with Crippen LogP contribution in [-0.4, -0.2) is 43.4 Å². The summed E-state index contributed by atoms with van der Waals surface area (Å²) in [6.45, 7) is 6.66. The summed E-state index contributed by atoms with van der Waals surface area (Å²) in [5.41, 5.74) is 1.34. The molecule has 3 amide bonds. The predicted octanol–water partition coefficient (Wildman–Crippen LogP) is 0.403. The summed E-state index contributed by atoms with van der Waals surface area (Å²) >= 11 is 0. The molecule has 7 heteroatoms. The van der Waals surface area contributed by atoms with Crippen molar-refractivity contribution < 1.29 is 19.3 Å². The lowest BCUT2D eigenvalue weighted by Gasteiger charge is -2.19.